The molecule has 5 nitrogen and oxygen atoms in total. The molecule has 2 aromatic carbocycles. The van der Waals surface area contributed by atoms with Crippen LogP contribution in [-0.2, 0) is 22.3 Å². The van der Waals surface area contributed by atoms with Crippen molar-refractivity contribution in [1.82, 2.24) is 5.32 Å². The van der Waals surface area contributed by atoms with Gasteiger partial charge in [-0.3, -0.25) is 0 Å². The Morgan fingerprint density at radius 3 is 2.46 bits per heavy atom. The van der Waals surface area contributed by atoms with Gasteiger partial charge in [0.15, 0.2) is 19.8 Å². The maximum atomic E-state index is 6.95. The highest BCUT2D eigenvalue weighted by molar-refractivity contribution is 6.74. The van der Waals surface area contributed by atoms with E-state index in [1.807, 2.05) is 30.3 Å². The van der Waals surface area contributed by atoms with E-state index in [4.69, 9.17) is 25.1 Å². The van der Waals surface area contributed by atoms with Crippen LogP contribution in [0.25, 0.3) is 0 Å². The summed E-state index contributed by atoms with van der Waals surface area (Å²) in [6.45, 7) is 13.0. The minimum absolute atomic E-state index is 0.00143. The zero-order valence-electron chi connectivity index (χ0n) is 21.7. The van der Waals surface area contributed by atoms with E-state index in [-0.39, 0.29) is 36.0 Å². The third-order valence-electron chi connectivity index (χ3n) is 7.65. The molecule has 0 unspecified atom stereocenters. The standard InChI is InChI=1S/C29H39NO4Si/c1-7-23-16-27(31-19-21-11-9-8-10-12-21)28(34-35(5,6)29(2,3)4)17-24(23)30-18-22-13-14-25-26(15-22)33-20-32-25/h1,8-15,23-24,27-28,30H,16-20H2,2-6H3/t23-,24+,27-,28+/m1/s1. The first kappa shape index (κ1) is 25.8. The van der Waals surface area contributed by atoms with Crippen molar-refractivity contribution in [2.75, 3.05) is 6.79 Å². The average Bonchev–Trinajstić information content (AvgIpc) is 3.29. The highest BCUT2D eigenvalue weighted by Crippen LogP contribution is 2.40. The Morgan fingerprint density at radius 2 is 1.74 bits per heavy atom. The summed E-state index contributed by atoms with van der Waals surface area (Å²) in [6, 6.07) is 16.5. The van der Waals surface area contributed by atoms with E-state index < -0.39 is 8.32 Å². The zero-order valence-corrected chi connectivity index (χ0v) is 22.7. The molecule has 0 radical (unpaired) electrons. The molecule has 0 saturated heterocycles. The minimum Gasteiger partial charge on any atom is -0.454 e. The lowest BCUT2D eigenvalue weighted by atomic mass is 9.81. The van der Waals surface area contributed by atoms with Crippen LogP contribution < -0.4 is 14.8 Å². The highest BCUT2D eigenvalue weighted by atomic mass is 28.4. The Labute approximate surface area is 211 Å². The maximum absolute atomic E-state index is 6.95. The molecule has 6 heteroatoms. The van der Waals surface area contributed by atoms with E-state index in [1.165, 1.54) is 5.56 Å². The number of nitrogens with one attached hydrogen (secondary N) is 1. The lowest BCUT2D eigenvalue weighted by Crippen LogP contribution is -2.54. The molecule has 0 amide bonds. The second-order valence-electron chi connectivity index (χ2n) is 11.2. The van der Waals surface area contributed by atoms with Crippen LogP contribution in [0.4, 0.5) is 0 Å². The fraction of sp³-hybridized carbons (Fsp3) is 0.517. The van der Waals surface area contributed by atoms with Crippen molar-refractivity contribution in [1.29, 1.82) is 0 Å². The number of benzene rings is 2. The Morgan fingerprint density at radius 1 is 1.00 bits per heavy atom. The van der Waals surface area contributed by atoms with Crippen LogP contribution in [0.3, 0.4) is 0 Å². The number of rotatable bonds is 8. The molecule has 0 bridgehead atoms. The van der Waals surface area contributed by atoms with Gasteiger partial charge in [0.1, 0.15) is 0 Å². The molecule has 2 aliphatic rings. The van der Waals surface area contributed by atoms with E-state index in [2.05, 4.69) is 63.3 Å². The number of hydrogen-bond acceptors (Lipinski definition) is 5. The smallest absolute Gasteiger partial charge is 0.231 e. The van der Waals surface area contributed by atoms with Crippen LogP contribution in [-0.4, -0.2) is 33.4 Å². The molecule has 0 spiro atoms. The number of terminal acetylenes is 1. The average molecular weight is 494 g/mol. The van der Waals surface area contributed by atoms with Crippen molar-refractivity contribution in [3.63, 3.8) is 0 Å². The number of hydrogen-bond donors (Lipinski definition) is 1. The predicted molar refractivity (Wildman–Crippen MR) is 142 cm³/mol. The molecule has 2 aromatic rings. The summed E-state index contributed by atoms with van der Waals surface area (Å²) >= 11 is 0. The summed E-state index contributed by atoms with van der Waals surface area (Å²) in [4.78, 5) is 0. The molecular formula is C29H39NO4Si. The van der Waals surface area contributed by atoms with Crippen LogP contribution in [0.2, 0.25) is 18.1 Å². The molecule has 1 fully saturated rings. The number of ether oxygens (including phenoxy) is 3. The Hall–Kier alpha value is -2.30. The highest BCUT2D eigenvalue weighted by Gasteiger charge is 2.44. The minimum atomic E-state index is -1.99. The lowest BCUT2D eigenvalue weighted by Gasteiger charge is -2.46. The van der Waals surface area contributed by atoms with E-state index in [9.17, 15) is 0 Å². The third kappa shape index (κ3) is 6.28. The van der Waals surface area contributed by atoms with Gasteiger partial charge in [-0.2, -0.15) is 0 Å². The fourth-order valence-electron chi connectivity index (χ4n) is 4.47. The molecule has 4 rings (SSSR count). The predicted octanol–water partition coefficient (Wildman–Crippen LogP) is 5.89. The monoisotopic (exact) mass is 493 g/mol. The van der Waals surface area contributed by atoms with Crippen LogP contribution >= 0.6 is 0 Å². The first-order valence-corrected chi connectivity index (χ1v) is 15.5. The van der Waals surface area contributed by atoms with Crippen LogP contribution in [0.5, 0.6) is 11.5 Å². The van der Waals surface area contributed by atoms with Gasteiger partial charge in [-0.1, -0.05) is 57.2 Å². The normalized spacial score (nSPS) is 24.2. The van der Waals surface area contributed by atoms with Crippen LogP contribution in [0.1, 0.15) is 44.7 Å². The Kier molecular flexibility index (Phi) is 7.92. The third-order valence-corrected chi connectivity index (χ3v) is 12.2. The van der Waals surface area contributed by atoms with Gasteiger partial charge in [-0.15, -0.1) is 12.3 Å². The summed E-state index contributed by atoms with van der Waals surface area (Å²) < 4.78 is 24.4. The van der Waals surface area contributed by atoms with Crippen molar-refractivity contribution in [3.8, 4) is 23.8 Å². The summed E-state index contributed by atoms with van der Waals surface area (Å²) in [5.41, 5.74) is 2.31. The van der Waals surface area contributed by atoms with Gasteiger partial charge >= 0.3 is 0 Å². The lowest BCUT2D eigenvalue weighted by molar-refractivity contribution is -0.0746. The van der Waals surface area contributed by atoms with E-state index in [0.717, 1.165) is 29.9 Å². The summed E-state index contributed by atoms with van der Waals surface area (Å²) in [5, 5.41) is 3.84. The van der Waals surface area contributed by atoms with Gasteiger partial charge in [0.2, 0.25) is 6.79 Å². The van der Waals surface area contributed by atoms with Crippen molar-refractivity contribution >= 4 is 8.32 Å². The van der Waals surface area contributed by atoms with E-state index in [1.54, 1.807) is 0 Å². The van der Waals surface area contributed by atoms with Crippen LogP contribution in [0.15, 0.2) is 48.5 Å². The second kappa shape index (κ2) is 10.8. The molecule has 1 aliphatic carbocycles. The zero-order chi connectivity index (χ0) is 25.1. The van der Waals surface area contributed by atoms with Gasteiger partial charge in [-0.25, -0.2) is 0 Å². The second-order valence-corrected chi connectivity index (χ2v) is 15.9. The summed E-state index contributed by atoms with van der Waals surface area (Å²) in [6.07, 6.45) is 7.60. The molecule has 188 valence electrons. The first-order valence-electron chi connectivity index (χ1n) is 12.6. The topological polar surface area (TPSA) is 49.0 Å². The van der Waals surface area contributed by atoms with Crippen molar-refractivity contribution in [2.24, 2.45) is 5.92 Å². The van der Waals surface area contributed by atoms with Crippen molar-refractivity contribution in [3.05, 3.63) is 59.7 Å². The summed E-state index contributed by atoms with van der Waals surface area (Å²) in [5.74, 6) is 4.72. The van der Waals surface area contributed by atoms with Gasteiger partial charge in [0, 0.05) is 18.5 Å². The summed E-state index contributed by atoms with van der Waals surface area (Å²) in [7, 11) is -1.99. The van der Waals surface area contributed by atoms with Gasteiger partial charge in [0.25, 0.3) is 0 Å². The van der Waals surface area contributed by atoms with Gasteiger partial charge < -0.3 is 24.0 Å². The molecule has 1 heterocycles. The number of fused-ring (bicyclic) bond motifs is 1. The van der Waals surface area contributed by atoms with Gasteiger partial charge in [0.05, 0.1) is 18.8 Å². The Bertz CT molecular complexity index is 1030. The quantitative estimate of drug-likeness (QED) is 0.367. The Balaban J connectivity index is 1.47. The van der Waals surface area contributed by atoms with E-state index >= 15 is 0 Å². The van der Waals surface area contributed by atoms with Crippen molar-refractivity contribution in [2.45, 2.75) is 83.1 Å². The molecule has 1 N–H and O–H groups in total. The molecule has 4 atom stereocenters. The van der Waals surface area contributed by atoms with E-state index in [0.29, 0.717) is 13.2 Å². The molecule has 1 saturated carbocycles. The van der Waals surface area contributed by atoms with Crippen LogP contribution in [0, 0.1) is 18.3 Å². The molecule has 1 aliphatic heterocycles. The maximum Gasteiger partial charge on any atom is 0.231 e. The molecule has 35 heavy (non-hydrogen) atoms. The largest absolute Gasteiger partial charge is 0.454 e. The van der Waals surface area contributed by atoms with Gasteiger partial charge in [-0.05, 0) is 54.2 Å². The first-order chi connectivity index (χ1) is 16.7. The van der Waals surface area contributed by atoms with Crippen molar-refractivity contribution < 1.29 is 18.6 Å². The fourth-order valence-corrected chi connectivity index (χ4v) is 5.83. The molecular weight excluding hydrogens is 454 g/mol. The molecule has 0 aromatic heterocycles. The SMILES string of the molecule is C#C[C@@H]1C[C@@H](OCc2ccccc2)[C@@H](O[Si](C)(C)C(C)(C)C)C[C@@H]1NCc1ccc2c(c1)OCO2.